The van der Waals surface area contributed by atoms with Crippen LogP contribution in [0.25, 0.3) is 6.08 Å². The Balaban J connectivity index is 1.65. The largest absolute Gasteiger partial charge is 0.465 e. The minimum absolute atomic E-state index is 0.0626. The summed E-state index contributed by atoms with van der Waals surface area (Å²) in [6.45, 7) is 3.60. The Morgan fingerprint density at radius 3 is 2.35 bits per heavy atom. The van der Waals surface area contributed by atoms with Crippen molar-refractivity contribution in [2.24, 2.45) is 0 Å². The molecule has 192 valence electrons. The van der Waals surface area contributed by atoms with Gasteiger partial charge in [0.1, 0.15) is 11.5 Å². The molecule has 1 aliphatic heterocycles. The van der Waals surface area contributed by atoms with E-state index in [2.05, 4.69) is 5.32 Å². The minimum atomic E-state index is -3.91. The van der Waals surface area contributed by atoms with Crippen molar-refractivity contribution in [2.45, 2.75) is 31.8 Å². The molecule has 1 N–H and O–H groups in total. The van der Waals surface area contributed by atoms with Crippen LogP contribution in [-0.4, -0.2) is 31.7 Å². The quantitative estimate of drug-likeness (QED) is 0.331. The van der Waals surface area contributed by atoms with Crippen molar-refractivity contribution in [3.63, 3.8) is 0 Å². The van der Waals surface area contributed by atoms with Crippen LogP contribution < -0.4 is 5.32 Å². The van der Waals surface area contributed by atoms with E-state index in [4.69, 9.17) is 20.8 Å². The van der Waals surface area contributed by atoms with Gasteiger partial charge < -0.3 is 14.5 Å². The maximum Gasteiger partial charge on any atom is 0.340 e. The predicted molar refractivity (Wildman–Crippen MR) is 139 cm³/mol. The lowest BCUT2D eigenvalue weighted by Crippen LogP contribution is -2.30. The van der Waals surface area contributed by atoms with Gasteiger partial charge in [0.05, 0.1) is 29.7 Å². The predicted octanol–water partition coefficient (Wildman–Crippen LogP) is 4.59. The zero-order valence-electron chi connectivity index (χ0n) is 20.4. The molecule has 0 spiro atoms. The molecular formula is C27H25ClN2O6S. The number of carbonyl (C=O) groups is 2. The van der Waals surface area contributed by atoms with E-state index in [0.717, 1.165) is 11.1 Å². The van der Waals surface area contributed by atoms with E-state index in [1.165, 1.54) is 41.8 Å². The Morgan fingerprint density at radius 1 is 1.03 bits per heavy atom. The molecule has 10 heteroatoms. The second-order valence-electron chi connectivity index (χ2n) is 8.52. The van der Waals surface area contributed by atoms with E-state index in [0.29, 0.717) is 16.5 Å². The van der Waals surface area contributed by atoms with Gasteiger partial charge in [-0.1, -0.05) is 41.4 Å². The number of benzene rings is 2. The summed E-state index contributed by atoms with van der Waals surface area (Å²) in [6, 6.07) is 16.8. The molecule has 0 saturated heterocycles. The van der Waals surface area contributed by atoms with Gasteiger partial charge >= 0.3 is 5.97 Å². The van der Waals surface area contributed by atoms with Gasteiger partial charge in [-0.25, -0.2) is 13.2 Å². The smallest absolute Gasteiger partial charge is 0.340 e. The molecule has 37 heavy (non-hydrogen) atoms. The Kier molecular flexibility index (Phi) is 7.68. The Labute approximate surface area is 220 Å². The average Bonchev–Trinajstić information content (AvgIpc) is 3.42. The third kappa shape index (κ3) is 5.85. The third-order valence-electron chi connectivity index (χ3n) is 5.81. The number of aryl methyl sites for hydroxylation is 1. The monoisotopic (exact) mass is 540 g/mol. The fourth-order valence-corrected chi connectivity index (χ4v) is 5.39. The number of carbonyl (C=O) groups excluding carboxylic acids is 2. The van der Waals surface area contributed by atoms with Crippen molar-refractivity contribution in [1.29, 1.82) is 0 Å². The first-order chi connectivity index (χ1) is 17.6. The van der Waals surface area contributed by atoms with E-state index in [1.54, 1.807) is 19.1 Å². The average molecular weight is 541 g/mol. The summed E-state index contributed by atoms with van der Waals surface area (Å²) in [5.41, 5.74) is 2.48. The molecule has 1 amide bonds. The van der Waals surface area contributed by atoms with Gasteiger partial charge in [-0.15, -0.1) is 0 Å². The van der Waals surface area contributed by atoms with Crippen molar-refractivity contribution in [3.05, 3.63) is 105 Å². The molecular weight excluding hydrogens is 516 g/mol. The third-order valence-corrected chi connectivity index (χ3v) is 7.87. The molecule has 1 aromatic heterocycles. The van der Waals surface area contributed by atoms with E-state index in [9.17, 15) is 18.0 Å². The lowest BCUT2D eigenvalue weighted by atomic mass is 10.1. The normalized spacial score (nSPS) is 14.9. The fourth-order valence-electron chi connectivity index (χ4n) is 3.87. The van der Waals surface area contributed by atoms with E-state index >= 15 is 0 Å². The number of hydrogen-bond acceptors (Lipinski definition) is 6. The number of amides is 1. The van der Waals surface area contributed by atoms with Crippen molar-refractivity contribution in [2.75, 3.05) is 7.11 Å². The molecule has 0 bridgehead atoms. The second-order valence-corrected chi connectivity index (χ2v) is 10.9. The number of halogens is 1. The Morgan fingerprint density at radius 2 is 1.70 bits per heavy atom. The van der Waals surface area contributed by atoms with Crippen molar-refractivity contribution < 1.29 is 27.2 Å². The van der Waals surface area contributed by atoms with Crippen LogP contribution in [0.1, 0.15) is 29.6 Å². The van der Waals surface area contributed by atoms with Crippen LogP contribution in [0.15, 0.2) is 86.8 Å². The van der Waals surface area contributed by atoms with Gasteiger partial charge in [-0.05, 0) is 61.9 Å². The number of allylic oxidation sites excluding steroid dienone is 1. The first kappa shape index (κ1) is 26.4. The summed E-state index contributed by atoms with van der Waals surface area (Å²) < 4.78 is 39.1. The number of nitrogens with zero attached hydrogens (tertiary/aromatic N) is 1. The molecule has 3 aromatic rings. The molecule has 0 aliphatic carbocycles. The Hall–Kier alpha value is -3.66. The number of nitrogens with one attached hydrogen (secondary N) is 1. The highest BCUT2D eigenvalue weighted by Crippen LogP contribution is 2.27. The molecule has 0 unspecified atom stereocenters. The maximum absolute atomic E-state index is 13.6. The van der Waals surface area contributed by atoms with Crippen LogP contribution in [-0.2, 0) is 37.4 Å². The number of ether oxygens (including phenoxy) is 1. The van der Waals surface area contributed by atoms with Gasteiger partial charge in [-0.2, -0.15) is 4.31 Å². The highest BCUT2D eigenvalue weighted by atomic mass is 35.5. The van der Waals surface area contributed by atoms with Crippen LogP contribution >= 0.6 is 11.6 Å². The van der Waals surface area contributed by atoms with Crippen LogP contribution in [0.5, 0.6) is 0 Å². The molecule has 1 aliphatic rings. The lowest BCUT2D eigenvalue weighted by Gasteiger charge is -2.21. The number of hydrogen-bond donors (Lipinski definition) is 1. The van der Waals surface area contributed by atoms with Crippen molar-refractivity contribution in [1.82, 2.24) is 9.62 Å². The number of methoxy groups -OCH3 is 1. The molecule has 2 heterocycles. The number of furan rings is 1. The van der Waals surface area contributed by atoms with Crippen molar-refractivity contribution >= 4 is 39.6 Å². The fraction of sp³-hybridized carbons (Fsp3) is 0.185. The van der Waals surface area contributed by atoms with Crippen LogP contribution in [0, 0.1) is 6.92 Å². The van der Waals surface area contributed by atoms with Crippen LogP contribution in [0.2, 0.25) is 5.02 Å². The highest BCUT2D eigenvalue weighted by molar-refractivity contribution is 7.89. The van der Waals surface area contributed by atoms with Gasteiger partial charge in [0.2, 0.25) is 10.0 Å². The van der Waals surface area contributed by atoms with Crippen molar-refractivity contribution in [3.8, 4) is 0 Å². The number of sulfonamides is 1. The second kappa shape index (κ2) is 10.8. The summed E-state index contributed by atoms with van der Waals surface area (Å²) in [6.07, 6.45) is 1.43. The lowest BCUT2D eigenvalue weighted by molar-refractivity contribution is -0.136. The summed E-state index contributed by atoms with van der Waals surface area (Å²) in [7, 11) is -2.68. The molecule has 4 rings (SSSR count). The molecule has 0 fully saturated rings. The molecule has 0 atom stereocenters. The molecule has 0 radical (unpaired) electrons. The summed E-state index contributed by atoms with van der Waals surface area (Å²) in [5, 5.41) is 3.03. The van der Waals surface area contributed by atoms with E-state index in [1.807, 2.05) is 31.2 Å². The SMILES string of the molecule is COC(=O)C1=C(C)NC(=O)/C1=C\c1ccc(CN(Cc2ccc(C)cc2)S(=O)(=O)c2ccc(Cl)cc2)o1. The zero-order valence-corrected chi connectivity index (χ0v) is 22.0. The maximum atomic E-state index is 13.6. The topological polar surface area (TPSA) is 106 Å². The minimum Gasteiger partial charge on any atom is -0.465 e. The van der Waals surface area contributed by atoms with Gasteiger partial charge in [0.25, 0.3) is 5.91 Å². The first-order valence-corrected chi connectivity index (χ1v) is 13.1. The number of esters is 1. The first-order valence-electron chi connectivity index (χ1n) is 11.3. The molecule has 8 nitrogen and oxygen atoms in total. The molecule has 0 saturated carbocycles. The van der Waals surface area contributed by atoms with Crippen LogP contribution in [0.3, 0.4) is 0 Å². The van der Waals surface area contributed by atoms with Gasteiger partial charge in [0, 0.05) is 17.3 Å². The standard InChI is InChI=1S/C27H25ClN2O6S/c1-17-4-6-19(7-5-17)15-30(37(33,34)23-12-8-20(28)9-13-23)16-22-11-10-21(36-22)14-24-25(27(32)35-3)18(2)29-26(24)31/h4-14H,15-16H2,1-3H3,(H,29,31)/b24-14-. The summed E-state index contributed by atoms with van der Waals surface area (Å²) >= 11 is 5.96. The number of rotatable bonds is 8. The molecule has 2 aromatic carbocycles. The summed E-state index contributed by atoms with van der Waals surface area (Å²) in [5.74, 6) is -0.458. The van der Waals surface area contributed by atoms with Gasteiger partial charge in [-0.3, -0.25) is 4.79 Å². The summed E-state index contributed by atoms with van der Waals surface area (Å²) in [4.78, 5) is 24.6. The zero-order chi connectivity index (χ0) is 26.7. The Bertz CT molecular complexity index is 1500. The van der Waals surface area contributed by atoms with E-state index < -0.39 is 21.9 Å². The highest BCUT2D eigenvalue weighted by Gasteiger charge is 2.31. The van der Waals surface area contributed by atoms with E-state index in [-0.39, 0.29) is 34.9 Å². The van der Waals surface area contributed by atoms with Gasteiger partial charge in [0.15, 0.2) is 0 Å². The van der Waals surface area contributed by atoms with Crippen LogP contribution in [0.4, 0.5) is 0 Å².